The molecule has 0 fully saturated rings. The van der Waals surface area contributed by atoms with Crippen LogP contribution in [0.5, 0.6) is 0 Å². The lowest BCUT2D eigenvalue weighted by Crippen LogP contribution is -1.99. The first-order chi connectivity index (χ1) is 11.7. The minimum atomic E-state index is -0.450. The smallest absolute Gasteiger partial charge is 0.150 e. The van der Waals surface area contributed by atoms with E-state index in [0.29, 0.717) is 17.2 Å². The van der Waals surface area contributed by atoms with Gasteiger partial charge in [-0.25, -0.2) is 24.0 Å². The Morgan fingerprint density at radius 2 is 2.00 bits per heavy atom. The molecule has 4 aromatic rings. The molecule has 0 saturated carbocycles. The minimum Gasteiger partial charge on any atom is -0.324 e. The van der Waals surface area contributed by atoms with Gasteiger partial charge in [0.1, 0.15) is 29.5 Å². The van der Waals surface area contributed by atoms with Gasteiger partial charge in [-0.2, -0.15) is 5.10 Å². The third kappa shape index (κ3) is 2.55. The van der Waals surface area contributed by atoms with Crippen molar-refractivity contribution in [3.63, 3.8) is 0 Å². The Morgan fingerprint density at radius 3 is 2.79 bits per heavy atom. The highest BCUT2D eigenvalue weighted by molar-refractivity contribution is 6.32. The normalized spacial score (nSPS) is 10.9. The second kappa shape index (κ2) is 5.86. The fraction of sp³-hybridized carbons (Fsp3) is 0. The van der Waals surface area contributed by atoms with Crippen molar-refractivity contribution in [3.05, 3.63) is 66.1 Å². The topological polar surface area (TPSA) is 68.5 Å². The SMILES string of the molecule is Fc1cccc(Cl)c1-n1cc2c(Nc3ccncn3)nccc2n1. The summed E-state index contributed by atoms with van der Waals surface area (Å²) in [5, 5.41) is 8.48. The molecule has 1 N–H and O–H groups in total. The highest BCUT2D eigenvalue weighted by Gasteiger charge is 2.14. The van der Waals surface area contributed by atoms with Crippen LogP contribution in [0.25, 0.3) is 16.6 Å². The van der Waals surface area contributed by atoms with Crippen LogP contribution in [0.1, 0.15) is 0 Å². The molecular formula is C16H10ClFN6. The molecule has 8 heteroatoms. The van der Waals surface area contributed by atoms with Crippen LogP contribution in [0.2, 0.25) is 5.02 Å². The summed E-state index contributed by atoms with van der Waals surface area (Å²) in [4.78, 5) is 12.3. The van der Waals surface area contributed by atoms with Crippen LogP contribution in [0.15, 0.2) is 55.2 Å². The zero-order valence-electron chi connectivity index (χ0n) is 12.2. The van der Waals surface area contributed by atoms with Crippen molar-refractivity contribution in [3.8, 4) is 5.69 Å². The molecule has 24 heavy (non-hydrogen) atoms. The summed E-state index contributed by atoms with van der Waals surface area (Å²) in [7, 11) is 0. The Hall–Kier alpha value is -3.06. The fourth-order valence-electron chi connectivity index (χ4n) is 2.35. The van der Waals surface area contributed by atoms with E-state index < -0.39 is 5.82 Å². The van der Waals surface area contributed by atoms with Crippen LogP contribution in [0.3, 0.4) is 0 Å². The first-order valence-electron chi connectivity index (χ1n) is 7.04. The van der Waals surface area contributed by atoms with Crippen LogP contribution in [-0.4, -0.2) is 24.7 Å². The van der Waals surface area contributed by atoms with E-state index in [1.807, 2.05) is 0 Å². The average molecular weight is 341 g/mol. The molecule has 1 aromatic carbocycles. The number of rotatable bonds is 3. The molecule has 0 bridgehead atoms. The van der Waals surface area contributed by atoms with Gasteiger partial charge in [-0.15, -0.1) is 0 Å². The minimum absolute atomic E-state index is 0.198. The number of nitrogens with one attached hydrogen (secondary N) is 1. The number of halogens is 2. The monoisotopic (exact) mass is 340 g/mol. The van der Waals surface area contributed by atoms with E-state index in [2.05, 4.69) is 25.4 Å². The number of pyridine rings is 1. The predicted octanol–water partition coefficient (Wildman–Crippen LogP) is 3.75. The summed E-state index contributed by atoms with van der Waals surface area (Å²) in [5.41, 5.74) is 0.851. The molecule has 0 radical (unpaired) electrons. The second-order valence-corrected chi connectivity index (χ2v) is 5.36. The highest BCUT2D eigenvalue weighted by Crippen LogP contribution is 2.27. The molecule has 0 amide bonds. The van der Waals surface area contributed by atoms with Crippen molar-refractivity contribution >= 4 is 34.1 Å². The number of hydrogen-bond donors (Lipinski definition) is 1. The van der Waals surface area contributed by atoms with E-state index >= 15 is 0 Å². The molecule has 0 atom stereocenters. The van der Waals surface area contributed by atoms with Crippen LogP contribution < -0.4 is 5.32 Å². The van der Waals surface area contributed by atoms with Gasteiger partial charge in [-0.3, -0.25) is 0 Å². The molecular weight excluding hydrogens is 331 g/mol. The van der Waals surface area contributed by atoms with Gasteiger partial charge in [-0.05, 0) is 24.3 Å². The van der Waals surface area contributed by atoms with E-state index in [0.717, 1.165) is 5.39 Å². The molecule has 4 rings (SSSR count). The van der Waals surface area contributed by atoms with Gasteiger partial charge in [0, 0.05) is 18.6 Å². The predicted molar refractivity (Wildman–Crippen MR) is 89.1 cm³/mol. The maximum absolute atomic E-state index is 14.1. The van der Waals surface area contributed by atoms with Crippen LogP contribution in [0.4, 0.5) is 16.0 Å². The standard InChI is InChI=1S/C16H10ClFN6/c17-11-2-1-3-12(18)15(11)24-8-10-13(23-24)4-7-20-16(10)22-14-5-6-19-9-21-14/h1-9H,(H,19,20,21,22). The van der Waals surface area contributed by atoms with E-state index in [1.165, 1.54) is 17.1 Å². The molecule has 118 valence electrons. The van der Waals surface area contributed by atoms with Crippen molar-refractivity contribution in [2.24, 2.45) is 0 Å². The number of benzene rings is 1. The Morgan fingerprint density at radius 1 is 1.08 bits per heavy atom. The molecule has 0 aliphatic rings. The molecule has 6 nitrogen and oxygen atoms in total. The van der Waals surface area contributed by atoms with Crippen LogP contribution in [0, 0.1) is 5.82 Å². The maximum Gasteiger partial charge on any atom is 0.150 e. The molecule has 0 spiro atoms. The van der Waals surface area contributed by atoms with E-state index in [4.69, 9.17) is 11.6 Å². The maximum atomic E-state index is 14.1. The van der Waals surface area contributed by atoms with Crippen molar-refractivity contribution in [2.45, 2.75) is 0 Å². The Bertz CT molecular complexity index is 997. The molecule has 0 saturated heterocycles. The van der Waals surface area contributed by atoms with E-state index in [9.17, 15) is 4.39 Å². The van der Waals surface area contributed by atoms with Gasteiger partial charge in [0.05, 0.1) is 15.9 Å². The van der Waals surface area contributed by atoms with Crippen molar-refractivity contribution in [1.29, 1.82) is 0 Å². The number of para-hydroxylation sites is 1. The summed E-state index contributed by atoms with van der Waals surface area (Å²) < 4.78 is 15.5. The molecule has 3 aromatic heterocycles. The van der Waals surface area contributed by atoms with Gasteiger partial charge >= 0.3 is 0 Å². The summed E-state index contributed by atoms with van der Waals surface area (Å²) in [6.45, 7) is 0. The lowest BCUT2D eigenvalue weighted by atomic mass is 10.3. The van der Waals surface area contributed by atoms with Crippen LogP contribution >= 0.6 is 11.6 Å². The first-order valence-corrected chi connectivity index (χ1v) is 7.42. The largest absolute Gasteiger partial charge is 0.324 e. The summed E-state index contributed by atoms with van der Waals surface area (Å²) in [6.07, 6.45) is 6.35. The third-order valence-corrected chi connectivity index (χ3v) is 3.73. The zero-order chi connectivity index (χ0) is 16.5. The van der Waals surface area contributed by atoms with Crippen LogP contribution in [-0.2, 0) is 0 Å². The van der Waals surface area contributed by atoms with Crippen molar-refractivity contribution in [1.82, 2.24) is 24.7 Å². The zero-order valence-corrected chi connectivity index (χ0v) is 12.9. The van der Waals surface area contributed by atoms with Gasteiger partial charge in [0.15, 0.2) is 0 Å². The summed E-state index contributed by atoms with van der Waals surface area (Å²) >= 11 is 6.11. The van der Waals surface area contributed by atoms with E-state index in [-0.39, 0.29) is 10.7 Å². The second-order valence-electron chi connectivity index (χ2n) is 4.96. The fourth-order valence-corrected chi connectivity index (χ4v) is 2.60. The number of fused-ring (bicyclic) bond motifs is 1. The summed E-state index contributed by atoms with van der Waals surface area (Å²) in [5.74, 6) is 0.708. The molecule has 0 aliphatic heterocycles. The molecule has 0 aliphatic carbocycles. The average Bonchev–Trinajstić information content (AvgIpc) is 3.00. The number of hydrogen-bond acceptors (Lipinski definition) is 5. The summed E-state index contributed by atoms with van der Waals surface area (Å²) in [6, 6.07) is 7.97. The Kier molecular flexibility index (Phi) is 3.55. The number of nitrogens with zero attached hydrogens (tertiary/aromatic N) is 5. The first kappa shape index (κ1) is 14.5. The van der Waals surface area contributed by atoms with Gasteiger partial charge in [0.2, 0.25) is 0 Å². The van der Waals surface area contributed by atoms with Gasteiger partial charge in [0.25, 0.3) is 0 Å². The van der Waals surface area contributed by atoms with E-state index in [1.54, 1.807) is 42.9 Å². The highest BCUT2D eigenvalue weighted by atomic mass is 35.5. The number of aromatic nitrogens is 5. The van der Waals surface area contributed by atoms with Crippen molar-refractivity contribution < 1.29 is 4.39 Å². The van der Waals surface area contributed by atoms with Gasteiger partial charge < -0.3 is 5.32 Å². The molecule has 3 heterocycles. The van der Waals surface area contributed by atoms with Gasteiger partial charge in [-0.1, -0.05) is 17.7 Å². The quantitative estimate of drug-likeness (QED) is 0.615. The van der Waals surface area contributed by atoms with Crippen molar-refractivity contribution in [2.75, 3.05) is 5.32 Å². The molecule has 0 unspecified atom stereocenters. The number of anilines is 2. The lowest BCUT2D eigenvalue weighted by molar-refractivity contribution is 0.612. The third-order valence-electron chi connectivity index (χ3n) is 3.43. The Balaban J connectivity index is 1.83. The lowest BCUT2D eigenvalue weighted by Gasteiger charge is -2.05. The Labute approximate surface area is 141 Å².